The standard InChI is InChI=1S/C19H25N3OS.CH2O2/c23-19(16-6-2-1-3-7-16)8-12-21(15-18-20-9-13-24-18)14-17(19)22-10-4-5-11-22;2-1-3/h1-3,6-7,9,13,17,23H,4-5,8,10-12,14-15H2;1H,(H,2,3)/t17-,19+;/m1./s1. The molecule has 2 aliphatic rings. The van der Waals surface area contributed by atoms with Gasteiger partial charge in [0.05, 0.1) is 12.6 Å². The van der Waals surface area contributed by atoms with Gasteiger partial charge in [-0.05, 0) is 37.9 Å². The van der Waals surface area contributed by atoms with Gasteiger partial charge in [-0.2, -0.15) is 0 Å². The van der Waals surface area contributed by atoms with Crippen LogP contribution in [0.4, 0.5) is 0 Å². The Balaban J connectivity index is 0.000000659. The van der Waals surface area contributed by atoms with Crippen molar-refractivity contribution in [1.82, 2.24) is 14.8 Å². The fraction of sp³-hybridized carbons (Fsp3) is 0.500. The van der Waals surface area contributed by atoms with Gasteiger partial charge in [0, 0.05) is 24.7 Å². The molecular weight excluding hydrogens is 362 g/mol. The van der Waals surface area contributed by atoms with E-state index in [4.69, 9.17) is 9.90 Å². The van der Waals surface area contributed by atoms with Crippen LogP contribution < -0.4 is 0 Å². The molecule has 0 radical (unpaired) electrons. The molecule has 0 amide bonds. The predicted octanol–water partition coefficient (Wildman–Crippen LogP) is 2.40. The number of thiazole rings is 1. The van der Waals surface area contributed by atoms with Crippen LogP contribution in [0.5, 0.6) is 0 Å². The fourth-order valence-electron chi connectivity index (χ4n) is 4.18. The number of piperidine rings is 1. The number of nitrogens with zero attached hydrogens (tertiary/aromatic N) is 3. The molecule has 27 heavy (non-hydrogen) atoms. The number of hydrogen-bond acceptors (Lipinski definition) is 6. The lowest BCUT2D eigenvalue weighted by Crippen LogP contribution is -2.60. The molecule has 4 rings (SSSR count). The molecule has 7 heteroatoms. The van der Waals surface area contributed by atoms with Crippen LogP contribution in [0.2, 0.25) is 0 Å². The lowest BCUT2D eigenvalue weighted by Gasteiger charge is -2.48. The maximum Gasteiger partial charge on any atom is 0.290 e. The molecular formula is C20H27N3O3S. The van der Waals surface area contributed by atoms with Gasteiger partial charge >= 0.3 is 0 Å². The summed E-state index contributed by atoms with van der Waals surface area (Å²) in [5.74, 6) is 0. The second-order valence-corrected chi connectivity index (χ2v) is 8.04. The molecule has 146 valence electrons. The van der Waals surface area contributed by atoms with Crippen LogP contribution in [0.25, 0.3) is 0 Å². The summed E-state index contributed by atoms with van der Waals surface area (Å²) in [6, 6.07) is 10.4. The summed E-state index contributed by atoms with van der Waals surface area (Å²) < 4.78 is 0. The average molecular weight is 390 g/mol. The summed E-state index contributed by atoms with van der Waals surface area (Å²) in [6.45, 7) is 4.67. The molecule has 1 aromatic carbocycles. The first-order valence-corrected chi connectivity index (χ1v) is 10.3. The van der Waals surface area contributed by atoms with Crippen LogP contribution in [0.1, 0.15) is 29.8 Å². The van der Waals surface area contributed by atoms with Crippen LogP contribution in [0.3, 0.4) is 0 Å². The molecule has 2 aromatic rings. The minimum atomic E-state index is -0.745. The van der Waals surface area contributed by atoms with Crippen molar-refractivity contribution in [3.8, 4) is 0 Å². The molecule has 1 aromatic heterocycles. The zero-order chi connectivity index (χ0) is 19.1. The van der Waals surface area contributed by atoms with Gasteiger partial charge in [-0.25, -0.2) is 4.98 Å². The van der Waals surface area contributed by atoms with Crippen molar-refractivity contribution in [2.24, 2.45) is 0 Å². The van der Waals surface area contributed by atoms with E-state index in [1.54, 1.807) is 11.3 Å². The van der Waals surface area contributed by atoms with Gasteiger partial charge in [0.15, 0.2) is 0 Å². The fourth-order valence-corrected chi connectivity index (χ4v) is 4.84. The summed E-state index contributed by atoms with van der Waals surface area (Å²) in [6.07, 6.45) is 5.15. The number of rotatable bonds is 4. The van der Waals surface area contributed by atoms with E-state index in [-0.39, 0.29) is 12.5 Å². The minimum absolute atomic E-state index is 0.163. The van der Waals surface area contributed by atoms with E-state index in [2.05, 4.69) is 26.9 Å². The first-order chi connectivity index (χ1) is 13.2. The Morgan fingerprint density at radius 1 is 1.22 bits per heavy atom. The van der Waals surface area contributed by atoms with Gasteiger partial charge in [0.2, 0.25) is 0 Å². The minimum Gasteiger partial charge on any atom is -0.483 e. The monoisotopic (exact) mass is 389 g/mol. The highest BCUT2D eigenvalue weighted by Crippen LogP contribution is 2.37. The van der Waals surface area contributed by atoms with E-state index in [0.717, 1.165) is 44.7 Å². The highest BCUT2D eigenvalue weighted by atomic mass is 32.1. The molecule has 2 saturated heterocycles. The molecule has 0 spiro atoms. The Labute approximate surface area is 164 Å². The molecule has 2 atom stereocenters. The Morgan fingerprint density at radius 3 is 2.56 bits per heavy atom. The quantitative estimate of drug-likeness (QED) is 0.782. The van der Waals surface area contributed by atoms with E-state index in [9.17, 15) is 5.11 Å². The molecule has 0 saturated carbocycles. The third-order valence-corrected chi connectivity index (χ3v) is 6.25. The SMILES string of the molecule is O=CO.O[C@]1(c2ccccc2)CCN(Cc2nccs2)C[C@H]1N1CCCC1. The summed E-state index contributed by atoms with van der Waals surface area (Å²) in [5.41, 5.74) is 0.320. The second kappa shape index (κ2) is 9.41. The van der Waals surface area contributed by atoms with Crippen LogP contribution >= 0.6 is 11.3 Å². The maximum absolute atomic E-state index is 11.6. The van der Waals surface area contributed by atoms with Gasteiger partial charge in [0.25, 0.3) is 6.47 Å². The van der Waals surface area contributed by atoms with Crippen molar-refractivity contribution in [3.05, 3.63) is 52.5 Å². The highest BCUT2D eigenvalue weighted by molar-refractivity contribution is 7.09. The Kier molecular flexibility index (Phi) is 6.95. The zero-order valence-electron chi connectivity index (χ0n) is 15.4. The lowest BCUT2D eigenvalue weighted by atomic mass is 9.79. The number of carbonyl (C=O) groups is 1. The molecule has 3 heterocycles. The zero-order valence-corrected chi connectivity index (χ0v) is 16.2. The largest absolute Gasteiger partial charge is 0.483 e. The van der Waals surface area contributed by atoms with E-state index >= 15 is 0 Å². The maximum atomic E-state index is 11.6. The Morgan fingerprint density at radius 2 is 1.93 bits per heavy atom. The number of likely N-dealkylation sites (tertiary alicyclic amines) is 2. The average Bonchev–Trinajstić information content (AvgIpc) is 3.39. The first kappa shape index (κ1) is 19.9. The van der Waals surface area contributed by atoms with E-state index < -0.39 is 5.60 Å². The van der Waals surface area contributed by atoms with Gasteiger partial charge in [0.1, 0.15) is 10.6 Å². The Bertz CT molecular complexity index is 692. The van der Waals surface area contributed by atoms with Crippen molar-refractivity contribution in [1.29, 1.82) is 0 Å². The lowest BCUT2D eigenvalue weighted by molar-refractivity contribution is -0.122. The van der Waals surface area contributed by atoms with Crippen LogP contribution in [-0.2, 0) is 16.9 Å². The predicted molar refractivity (Wildman–Crippen MR) is 106 cm³/mol. The highest BCUT2D eigenvalue weighted by Gasteiger charge is 2.46. The number of benzene rings is 1. The third-order valence-electron chi connectivity index (χ3n) is 5.49. The molecule has 0 bridgehead atoms. The molecule has 0 aliphatic carbocycles. The summed E-state index contributed by atoms with van der Waals surface area (Å²) >= 11 is 1.72. The first-order valence-electron chi connectivity index (χ1n) is 9.38. The van der Waals surface area contributed by atoms with Crippen LogP contribution in [0, 0.1) is 0 Å². The summed E-state index contributed by atoms with van der Waals surface area (Å²) in [7, 11) is 0. The van der Waals surface area contributed by atoms with Crippen LogP contribution in [-0.4, -0.2) is 63.7 Å². The number of hydrogen-bond donors (Lipinski definition) is 2. The van der Waals surface area contributed by atoms with Gasteiger partial charge in [-0.3, -0.25) is 14.6 Å². The third kappa shape index (κ3) is 4.73. The number of aliphatic hydroxyl groups is 1. The van der Waals surface area contributed by atoms with E-state index in [1.807, 2.05) is 29.8 Å². The summed E-state index contributed by atoms with van der Waals surface area (Å²) in [5, 5.41) is 21.7. The topological polar surface area (TPSA) is 76.9 Å². The molecule has 2 aliphatic heterocycles. The Hall–Kier alpha value is -1.80. The van der Waals surface area contributed by atoms with Gasteiger partial charge in [-0.15, -0.1) is 11.3 Å². The van der Waals surface area contributed by atoms with E-state index in [1.165, 1.54) is 17.8 Å². The molecule has 6 nitrogen and oxygen atoms in total. The molecule has 2 N–H and O–H groups in total. The smallest absolute Gasteiger partial charge is 0.290 e. The van der Waals surface area contributed by atoms with Crippen molar-refractivity contribution in [2.75, 3.05) is 26.2 Å². The summed E-state index contributed by atoms with van der Waals surface area (Å²) in [4.78, 5) is 17.7. The molecule has 0 unspecified atom stereocenters. The normalized spacial score (nSPS) is 26.3. The van der Waals surface area contributed by atoms with Crippen LogP contribution in [0.15, 0.2) is 41.9 Å². The number of carboxylic acid groups (broad SMARTS) is 1. The van der Waals surface area contributed by atoms with Gasteiger partial charge < -0.3 is 10.2 Å². The van der Waals surface area contributed by atoms with Gasteiger partial charge in [-0.1, -0.05) is 30.3 Å². The van der Waals surface area contributed by atoms with Crippen molar-refractivity contribution < 1.29 is 15.0 Å². The van der Waals surface area contributed by atoms with Crippen molar-refractivity contribution in [3.63, 3.8) is 0 Å². The number of aromatic nitrogens is 1. The molecule has 2 fully saturated rings. The van der Waals surface area contributed by atoms with Crippen molar-refractivity contribution in [2.45, 2.75) is 37.5 Å². The van der Waals surface area contributed by atoms with Crippen molar-refractivity contribution >= 4 is 17.8 Å². The second-order valence-electron chi connectivity index (χ2n) is 7.07. The van der Waals surface area contributed by atoms with E-state index in [0.29, 0.717) is 0 Å².